The average Bonchev–Trinajstić information content (AvgIpc) is 2.50. The molecular formula is C14H23N3O. The zero-order valence-corrected chi connectivity index (χ0v) is 11.3. The first-order chi connectivity index (χ1) is 8.49. The van der Waals surface area contributed by atoms with Crippen LogP contribution < -0.4 is 10.6 Å². The van der Waals surface area contributed by atoms with Crippen LogP contribution in [0.15, 0.2) is 18.3 Å². The fourth-order valence-corrected chi connectivity index (χ4v) is 2.50. The molecule has 3 N–H and O–H groups in total. The van der Waals surface area contributed by atoms with Gasteiger partial charge in [0.25, 0.3) is 0 Å². The lowest BCUT2D eigenvalue weighted by Gasteiger charge is -2.26. The maximum atomic E-state index is 10.1. The largest absolute Gasteiger partial charge is 0.390 e. The Morgan fingerprint density at radius 1 is 1.44 bits per heavy atom. The van der Waals surface area contributed by atoms with Crippen molar-refractivity contribution in [1.82, 2.24) is 4.98 Å². The summed E-state index contributed by atoms with van der Waals surface area (Å²) in [6.07, 6.45) is 4.43. The predicted octanol–water partition coefficient (Wildman–Crippen LogP) is 1.84. The Morgan fingerprint density at radius 3 is 2.94 bits per heavy atom. The summed E-state index contributed by atoms with van der Waals surface area (Å²) in [5, 5.41) is 10.1. The Kier molecular flexibility index (Phi) is 3.88. The molecule has 0 spiro atoms. The van der Waals surface area contributed by atoms with Crippen LogP contribution in [0, 0.1) is 0 Å². The Morgan fingerprint density at radius 2 is 2.22 bits per heavy atom. The molecule has 2 rings (SSSR count). The van der Waals surface area contributed by atoms with Crippen molar-refractivity contribution >= 4 is 5.82 Å². The molecule has 0 amide bonds. The summed E-state index contributed by atoms with van der Waals surface area (Å²) in [5.41, 5.74) is 6.54. The van der Waals surface area contributed by atoms with E-state index in [2.05, 4.69) is 9.88 Å². The Bertz CT molecular complexity index is 404. The fourth-order valence-electron chi connectivity index (χ4n) is 2.50. The highest BCUT2D eigenvalue weighted by atomic mass is 16.3. The van der Waals surface area contributed by atoms with Crippen molar-refractivity contribution in [3.8, 4) is 0 Å². The molecule has 2 atom stereocenters. The van der Waals surface area contributed by atoms with Crippen LogP contribution in [0.25, 0.3) is 0 Å². The molecule has 0 radical (unpaired) electrons. The number of nitrogens with zero attached hydrogens (tertiary/aromatic N) is 2. The molecule has 0 bridgehead atoms. The van der Waals surface area contributed by atoms with Crippen molar-refractivity contribution in [3.05, 3.63) is 23.9 Å². The van der Waals surface area contributed by atoms with Crippen LogP contribution in [-0.2, 0) is 0 Å². The zero-order valence-electron chi connectivity index (χ0n) is 11.3. The van der Waals surface area contributed by atoms with Gasteiger partial charge < -0.3 is 15.7 Å². The van der Waals surface area contributed by atoms with Crippen molar-refractivity contribution in [2.75, 3.05) is 18.0 Å². The molecule has 100 valence electrons. The molecule has 1 aromatic heterocycles. The van der Waals surface area contributed by atoms with Crippen molar-refractivity contribution < 1.29 is 5.11 Å². The molecule has 1 aromatic rings. The molecule has 1 fully saturated rings. The van der Waals surface area contributed by atoms with Crippen LogP contribution in [0.4, 0.5) is 5.82 Å². The number of pyridine rings is 1. The first-order valence-corrected chi connectivity index (χ1v) is 6.67. The van der Waals surface area contributed by atoms with Gasteiger partial charge in [0, 0.05) is 30.9 Å². The molecule has 0 aromatic carbocycles. The van der Waals surface area contributed by atoms with E-state index >= 15 is 0 Å². The van der Waals surface area contributed by atoms with Crippen LogP contribution in [-0.4, -0.2) is 28.8 Å². The summed E-state index contributed by atoms with van der Waals surface area (Å²) in [6.45, 7) is 5.67. The second kappa shape index (κ2) is 5.24. The molecule has 2 heterocycles. The molecule has 1 aliphatic heterocycles. The summed E-state index contributed by atoms with van der Waals surface area (Å²) in [4.78, 5) is 6.73. The van der Waals surface area contributed by atoms with Gasteiger partial charge in [-0.25, -0.2) is 4.98 Å². The van der Waals surface area contributed by atoms with E-state index in [4.69, 9.17) is 5.73 Å². The van der Waals surface area contributed by atoms with E-state index in [1.807, 2.05) is 32.2 Å². The summed E-state index contributed by atoms with van der Waals surface area (Å²) in [6, 6.07) is 3.95. The topological polar surface area (TPSA) is 62.4 Å². The molecule has 18 heavy (non-hydrogen) atoms. The highest BCUT2D eigenvalue weighted by Gasteiger charge is 2.26. The Balaban J connectivity index is 2.21. The van der Waals surface area contributed by atoms with Crippen molar-refractivity contribution in [3.63, 3.8) is 0 Å². The first-order valence-electron chi connectivity index (χ1n) is 6.67. The van der Waals surface area contributed by atoms with Gasteiger partial charge in [-0.3, -0.25) is 0 Å². The number of aromatic nitrogens is 1. The standard InChI is InChI=1S/C14H23N3O/c1-11(15)12-5-3-8-16-13(12)17-9-4-6-14(2,18)7-10-17/h3,5,8,11,18H,4,6-7,9-10,15H2,1-2H3/t11-,14?/m1/s1. The minimum atomic E-state index is -0.544. The fraction of sp³-hybridized carbons (Fsp3) is 0.643. The predicted molar refractivity (Wildman–Crippen MR) is 73.5 cm³/mol. The molecule has 0 aliphatic carbocycles. The minimum absolute atomic E-state index is 0.0162. The normalized spacial score (nSPS) is 26.8. The van der Waals surface area contributed by atoms with Gasteiger partial charge in [-0.05, 0) is 39.2 Å². The number of rotatable bonds is 2. The maximum Gasteiger partial charge on any atom is 0.133 e. The molecule has 1 aliphatic rings. The second-order valence-electron chi connectivity index (χ2n) is 5.54. The summed E-state index contributed by atoms with van der Waals surface area (Å²) >= 11 is 0. The zero-order chi connectivity index (χ0) is 13.2. The second-order valence-corrected chi connectivity index (χ2v) is 5.54. The first kappa shape index (κ1) is 13.3. The van der Waals surface area contributed by atoms with Crippen LogP contribution in [0.1, 0.15) is 44.7 Å². The summed E-state index contributed by atoms with van der Waals surface area (Å²) in [5.74, 6) is 0.977. The smallest absolute Gasteiger partial charge is 0.133 e. The lowest BCUT2D eigenvalue weighted by atomic mass is 9.98. The molecule has 4 nitrogen and oxygen atoms in total. The Hall–Kier alpha value is -1.13. The number of hydrogen-bond acceptors (Lipinski definition) is 4. The monoisotopic (exact) mass is 249 g/mol. The van der Waals surface area contributed by atoms with E-state index in [1.165, 1.54) is 0 Å². The van der Waals surface area contributed by atoms with E-state index in [0.717, 1.165) is 43.7 Å². The SMILES string of the molecule is C[C@@H](N)c1cccnc1N1CCCC(C)(O)CC1. The van der Waals surface area contributed by atoms with Crippen LogP contribution in [0.2, 0.25) is 0 Å². The third-order valence-electron chi connectivity index (χ3n) is 3.67. The lowest BCUT2D eigenvalue weighted by Crippen LogP contribution is -2.30. The van der Waals surface area contributed by atoms with E-state index in [0.29, 0.717) is 0 Å². The van der Waals surface area contributed by atoms with Gasteiger partial charge in [-0.15, -0.1) is 0 Å². The molecule has 0 saturated carbocycles. The van der Waals surface area contributed by atoms with E-state index in [1.54, 1.807) is 0 Å². The molecule has 4 heteroatoms. The van der Waals surface area contributed by atoms with E-state index in [9.17, 15) is 5.11 Å². The minimum Gasteiger partial charge on any atom is -0.390 e. The van der Waals surface area contributed by atoms with Crippen molar-refractivity contribution in [1.29, 1.82) is 0 Å². The van der Waals surface area contributed by atoms with Crippen molar-refractivity contribution in [2.24, 2.45) is 5.73 Å². The third-order valence-corrected chi connectivity index (χ3v) is 3.67. The van der Waals surface area contributed by atoms with Gasteiger partial charge in [0.05, 0.1) is 5.60 Å². The number of nitrogens with two attached hydrogens (primary N) is 1. The van der Waals surface area contributed by atoms with Gasteiger partial charge in [0.2, 0.25) is 0 Å². The number of anilines is 1. The van der Waals surface area contributed by atoms with Gasteiger partial charge in [0.1, 0.15) is 5.82 Å². The highest BCUT2D eigenvalue weighted by Crippen LogP contribution is 2.27. The highest BCUT2D eigenvalue weighted by molar-refractivity contribution is 5.48. The molecular weight excluding hydrogens is 226 g/mol. The van der Waals surface area contributed by atoms with Crippen LogP contribution in [0.3, 0.4) is 0 Å². The molecule has 1 saturated heterocycles. The number of hydrogen-bond donors (Lipinski definition) is 2. The maximum absolute atomic E-state index is 10.1. The average molecular weight is 249 g/mol. The van der Waals surface area contributed by atoms with Crippen LogP contribution in [0.5, 0.6) is 0 Å². The quantitative estimate of drug-likeness (QED) is 0.839. The van der Waals surface area contributed by atoms with Crippen LogP contribution >= 0.6 is 0 Å². The van der Waals surface area contributed by atoms with E-state index in [-0.39, 0.29) is 6.04 Å². The van der Waals surface area contributed by atoms with E-state index < -0.39 is 5.60 Å². The Labute approximate surface area is 109 Å². The van der Waals surface area contributed by atoms with Crippen molar-refractivity contribution in [2.45, 2.75) is 44.8 Å². The summed E-state index contributed by atoms with van der Waals surface area (Å²) < 4.78 is 0. The molecule has 1 unspecified atom stereocenters. The van der Waals surface area contributed by atoms with Gasteiger partial charge in [-0.2, -0.15) is 0 Å². The number of aliphatic hydroxyl groups is 1. The van der Waals surface area contributed by atoms with Gasteiger partial charge in [0.15, 0.2) is 0 Å². The third kappa shape index (κ3) is 3.00. The lowest BCUT2D eigenvalue weighted by molar-refractivity contribution is 0.0481. The van der Waals surface area contributed by atoms with Gasteiger partial charge >= 0.3 is 0 Å². The summed E-state index contributed by atoms with van der Waals surface area (Å²) in [7, 11) is 0. The van der Waals surface area contributed by atoms with Gasteiger partial charge in [-0.1, -0.05) is 6.07 Å².